The predicted molar refractivity (Wildman–Crippen MR) is 64.4 cm³/mol. The molecule has 0 aliphatic carbocycles. The predicted octanol–water partition coefficient (Wildman–Crippen LogP) is 3.27. The molecule has 0 saturated heterocycles. The Morgan fingerprint density at radius 3 is 2.35 bits per heavy atom. The van der Waals surface area contributed by atoms with Crippen LogP contribution in [0.25, 0.3) is 0 Å². The minimum absolute atomic E-state index is 0.161. The lowest BCUT2D eigenvalue weighted by atomic mass is 10.5. The van der Waals surface area contributed by atoms with Gasteiger partial charge in [-0.15, -0.1) is 13.2 Å². The van der Waals surface area contributed by atoms with Crippen molar-refractivity contribution in [3.05, 3.63) is 14.2 Å². The molecule has 0 aliphatic rings. The Bertz CT molecular complexity index is 527. The fourth-order valence-corrected chi connectivity index (χ4v) is 5.31. The first kappa shape index (κ1) is 15.2. The van der Waals surface area contributed by atoms with Gasteiger partial charge in [0.1, 0.15) is 8.60 Å². The van der Waals surface area contributed by atoms with Crippen molar-refractivity contribution >= 4 is 58.3 Å². The van der Waals surface area contributed by atoms with E-state index in [0.29, 0.717) is 0 Å². The maximum Gasteiger partial charge on any atom is 0.574 e. The highest BCUT2D eigenvalue weighted by atomic mass is 127. The molecule has 0 spiro atoms. The molecular weight excluding hydrogens is 465 g/mol. The first-order chi connectivity index (χ1) is 7.50. The lowest BCUT2D eigenvalue weighted by Gasteiger charge is -2.10. The Morgan fingerprint density at radius 1 is 1.47 bits per heavy atom. The number of alkyl halides is 3. The third-order valence-electron chi connectivity index (χ3n) is 1.33. The Labute approximate surface area is 120 Å². The molecule has 11 heteroatoms. The summed E-state index contributed by atoms with van der Waals surface area (Å²) in [7, 11) is 0.983. The second kappa shape index (κ2) is 5.05. The van der Waals surface area contributed by atoms with Crippen LogP contribution in [0.3, 0.4) is 0 Å². The molecule has 1 rings (SSSR count). The Balaban J connectivity index is 3.29. The van der Waals surface area contributed by atoms with Gasteiger partial charge in [0.15, 0.2) is 0 Å². The van der Waals surface area contributed by atoms with Gasteiger partial charge < -0.3 is 4.74 Å². The summed E-state index contributed by atoms with van der Waals surface area (Å²) in [4.78, 5) is 2.93. The van der Waals surface area contributed by atoms with Crippen molar-refractivity contribution in [3.63, 3.8) is 0 Å². The van der Waals surface area contributed by atoms with Crippen molar-refractivity contribution in [2.45, 2.75) is 11.3 Å². The average Bonchev–Trinajstić information content (AvgIpc) is 1.94. The van der Waals surface area contributed by atoms with Gasteiger partial charge in [-0.3, -0.25) is 0 Å². The van der Waals surface area contributed by atoms with Gasteiger partial charge in [-0.1, -0.05) is 0 Å². The van der Waals surface area contributed by atoms with Crippen LogP contribution in [0, 0.1) is 3.70 Å². The largest absolute Gasteiger partial charge is 0.574 e. The molecule has 1 aromatic rings. The van der Waals surface area contributed by atoms with Crippen molar-refractivity contribution < 1.29 is 26.3 Å². The van der Waals surface area contributed by atoms with Crippen LogP contribution in [0.15, 0.2) is 15.4 Å². The molecule has 0 amide bonds. The molecule has 0 fully saturated rings. The Hall–Kier alpha value is 0.190. The van der Waals surface area contributed by atoms with Gasteiger partial charge in [-0.2, -0.15) is 0 Å². The SMILES string of the molecule is O=S(=O)(Cl)c1c(Br)cc(OC(F)(F)F)nc1I. The topological polar surface area (TPSA) is 56.3 Å². The van der Waals surface area contributed by atoms with Crippen LogP contribution < -0.4 is 4.74 Å². The summed E-state index contributed by atoms with van der Waals surface area (Å²) in [6.45, 7) is 0. The third kappa shape index (κ3) is 4.41. The normalized spacial score (nSPS) is 12.6. The highest BCUT2D eigenvalue weighted by molar-refractivity contribution is 14.1. The molecule has 1 aromatic heterocycles. The molecule has 0 radical (unpaired) electrons. The third-order valence-corrected chi connectivity index (χ3v) is 4.73. The second-order valence-electron chi connectivity index (χ2n) is 2.55. The highest BCUT2D eigenvalue weighted by Crippen LogP contribution is 2.33. The van der Waals surface area contributed by atoms with E-state index in [1.54, 1.807) is 0 Å². The van der Waals surface area contributed by atoms with Crippen molar-refractivity contribution in [2.24, 2.45) is 0 Å². The quantitative estimate of drug-likeness (QED) is 0.382. The van der Waals surface area contributed by atoms with Crippen LogP contribution in [0.2, 0.25) is 0 Å². The molecule has 4 nitrogen and oxygen atoms in total. The fourth-order valence-electron chi connectivity index (χ4n) is 0.840. The average molecular weight is 466 g/mol. The lowest BCUT2D eigenvalue weighted by molar-refractivity contribution is -0.276. The summed E-state index contributed by atoms with van der Waals surface area (Å²) in [5.74, 6) is -0.780. The van der Waals surface area contributed by atoms with Crippen LogP contribution in [0.4, 0.5) is 13.2 Å². The second-order valence-corrected chi connectivity index (χ2v) is 6.93. The van der Waals surface area contributed by atoms with E-state index >= 15 is 0 Å². The molecule has 0 N–H and O–H groups in total. The first-order valence-electron chi connectivity index (χ1n) is 3.57. The van der Waals surface area contributed by atoms with Gasteiger partial charge in [0.2, 0.25) is 5.88 Å². The van der Waals surface area contributed by atoms with E-state index in [2.05, 4.69) is 25.7 Å². The minimum Gasteiger partial charge on any atom is -0.388 e. The van der Waals surface area contributed by atoms with Gasteiger partial charge >= 0.3 is 6.36 Å². The molecule has 0 saturated carbocycles. The minimum atomic E-state index is -4.91. The number of rotatable bonds is 2. The van der Waals surface area contributed by atoms with Gasteiger partial charge in [0, 0.05) is 21.2 Å². The number of aromatic nitrogens is 1. The molecule has 0 aromatic carbocycles. The monoisotopic (exact) mass is 465 g/mol. The number of hydrogen-bond donors (Lipinski definition) is 0. The number of pyridine rings is 1. The van der Waals surface area contributed by atoms with Crippen LogP contribution in [0.1, 0.15) is 0 Å². The van der Waals surface area contributed by atoms with E-state index in [4.69, 9.17) is 10.7 Å². The van der Waals surface area contributed by atoms with Gasteiger partial charge in [-0.05, 0) is 38.5 Å². The zero-order valence-electron chi connectivity index (χ0n) is 7.43. The lowest BCUT2D eigenvalue weighted by Crippen LogP contribution is -2.18. The van der Waals surface area contributed by atoms with Crippen LogP contribution in [0.5, 0.6) is 5.88 Å². The summed E-state index contributed by atoms with van der Waals surface area (Å²) in [5, 5.41) is 0. The number of ether oxygens (including phenoxy) is 1. The summed E-state index contributed by atoms with van der Waals surface area (Å²) < 4.78 is 61.1. The molecule has 0 bridgehead atoms. The van der Waals surface area contributed by atoms with Crippen molar-refractivity contribution in [1.29, 1.82) is 0 Å². The standard InChI is InChI=1S/C6HBrClF3INO3S/c7-2-1-3(16-6(9,10)11)13-5(12)4(2)17(8,14)15/h1H. The first-order valence-corrected chi connectivity index (χ1v) is 7.75. The smallest absolute Gasteiger partial charge is 0.388 e. The number of halogens is 6. The molecule has 0 atom stereocenters. The summed E-state index contributed by atoms with van der Waals surface area (Å²) >= 11 is 4.22. The van der Waals surface area contributed by atoms with Crippen LogP contribution in [-0.2, 0) is 9.05 Å². The van der Waals surface area contributed by atoms with Gasteiger partial charge in [0.25, 0.3) is 9.05 Å². The maximum atomic E-state index is 11.9. The summed E-state index contributed by atoms with van der Waals surface area (Å²) in [6.07, 6.45) is -4.91. The van der Waals surface area contributed by atoms with Crippen LogP contribution in [-0.4, -0.2) is 19.8 Å². The number of nitrogens with zero attached hydrogens (tertiary/aromatic N) is 1. The maximum absolute atomic E-state index is 11.9. The van der Waals surface area contributed by atoms with E-state index in [1.807, 2.05) is 0 Å². The molecule has 0 unspecified atom stereocenters. The van der Waals surface area contributed by atoms with Gasteiger partial charge in [-0.25, -0.2) is 13.4 Å². The zero-order chi connectivity index (χ0) is 13.4. The van der Waals surface area contributed by atoms with E-state index in [0.717, 1.165) is 6.07 Å². The van der Waals surface area contributed by atoms with Crippen molar-refractivity contribution in [3.8, 4) is 5.88 Å². The van der Waals surface area contributed by atoms with E-state index in [9.17, 15) is 21.6 Å². The van der Waals surface area contributed by atoms with Crippen LogP contribution >= 0.6 is 49.2 Å². The molecule has 96 valence electrons. The van der Waals surface area contributed by atoms with Crippen molar-refractivity contribution in [1.82, 2.24) is 4.98 Å². The Kier molecular flexibility index (Phi) is 4.53. The zero-order valence-corrected chi connectivity index (χ0v) is 12.7. The van der Waals surface area contributed by atoms with E-state index in [1.165, 1.54) is 22.6 Å². The summed E-state index contributed by atoms with van der Waals surface area (Å²) in [5.41, 5.74) is 0. The van der Waals surface area contributed by atoms with Gasteiger partial charge in [0.05, 0.1) is 0 Å². The fraction of sp³-hybridized carbons (Fsp3) is 0.167. The molecule has 0 aliphatic heterocycles. The van der Waals surface area contributed by atoms with E-state index in [-0.39, 0.29) is 8.17 Å². The highest BCUT2D eigenvalue weighted by Gasteiger charge is 2.33. The van der Waals surface area contributed by atoms with Crippen molar-refractivity contribution in [2.75, 3.05) is 0 Å². The molecule has 1 heterocycles. The number of hydrogen-bond acceptors (Lipinski definition) is 4. The van der Waals surface area contributed by atoms with E-state index < -0.39 is 26.2 Å². The summed E-state index contributed by atoms with van der Waals surface area (Å²) in [6, 6.07) is 0.769. The molecular formula is C6HBrClF3INO3S. The molecule has 17 heavy (non-hydrogen) atoms. The Morgan fingerprint density at radius 2 is 2.00 bits per heavy atom.